The lowest BCUT2D eigenvalue weighted by molar-refractivity contribution is -0.686. The van der Waals surface area contributed by atoms with Gasteiger partial charge in [-0.25, -0.2) is 4.57 Å². The Hall–Kier alpha value is -4.69. The zero-order valence-corrected chi connectivity index (χ0v) is 23.1. The second kappa shape index (κ2) is 10.1. The van der Waals surface area contributed by atoms with Crippen LogP contribution >= 0.6 is 0 Å². The molecule has 2 nitrogen and oxygen atoms in total. The van der Waals surface area contributed by atoms with E-state index >= 15 is 0 Å². The van der Waals surface area contributed by atoms with Crippen LogP contribution < -0.4 is 4.57 Å². The first kappa shape index (κ1) is 24.4. The minimum absolute atomic E-state index is 0.418. The van der Waals surface area contributed by atoms with Gasteiger partial charge in [0, 0.05) is 17.5 Å². The molecule has 0 bridgehead atoms. The number of nitrogens with zero attached hydrogens (tertiary/aromatic N) is 2. The number of benzene rings is 5. The van der Waals surface area contributed by atoms with Crippen LogP contribution in [0.15, 0.2) is 134 Å². The van der Waals surface area contributed by atoms with E-state index in [1.54, 1.807) is 0 Å². The maximum atomic E-state index is 2.45. The standard InChI is InChI=1S/C38H33N2/c1-27(2)33-25-34(29-14-8-4-9-15-29)37(35(26-33)30-16-10-5-11-17-30)40-23-22-39-21-20-31-18-19-32(24-36(31)38(39)40)28-12-6-3-7-13-28/h3-19,22-27H,20-21H2,1-2H3/q+1. The Kier molecular flexibility index (Phi) is 6.17. The first-order valence-electron chi connectivity index (χ1n) is 14.3. The van der Waals surface area contributed by atoms with Gasteiger partial charge in [0.25, 0.3) is 5.82 Å². The lowest BCUT2D eigenvalue weighted by Gasteiger charge is -2.20. The monoisotopic (exact) mass is 517 g/mol. The molecule has 7 rings (SSSR count). The average molecular weight is 518 g/mol. The summed E-state index contributed by atoms with van der Waals surface area (Å²) in [5.74, 6) is 1.66. The number of aryl methyl sites for hydroxylation is 2. The molecule has 0 fully saturated rings. The van der Waals surface area contributed by atoms with E-state index in [-0.39, 0.29) is 0 Å². The molecule has 0 aliphatic carbocycles. The van der Waals surface area contributed by atoms with E-state index < -0.39 is 0 Å². The van der Waals surface area contributed by atoms with Crippen molar-refractivity contribution in [1.29, 1.82) is 0 Å². The average Bonchev–Trinajstić information content (AvgIpc) is 3.46. The molecule has 1 aromatic heterocycles. The zero-order chi connectivity index (χ0) is 27.1. The van der Waals surface area contributed by atoms with Crippen molar-refractivity contribution in [1.82, 2.24) is 4.57 Å². The van der Waals surface area contributed by atoms with Gasteiger partial charge in [-0.2, -0.15) is 4.57 Å². The molecule has 0 saturated carbocycles. The van der Waals surface area contributed by atoms with Crippen molar-refractivity contribution in [3.05, 3.63) is 145 Å². The molecular formula is C38H33N2+. The smallest absolute Gasteiger partial charge is 0.229 e. The van der Waals surface area contributed by atoms with Crippen molar-refractivity contribution in [3.63, 3.8) is 0 Å². The highest BCUT2D eigenvalue weighted by molar-refractivity contribution is 5.87. The summed E-state index contributed by atoms with van der Waals surface area (Å²) in [5.41, 5.74) is 12.8. The molecule has 0 amide bonds. The molecule has 0 spiro atoms. The summed E-state index contributed by atoms with van der Waals surface area (Å²) in [5, 5.41) is 0. The second-order valence-electron chi connectivity index (χ2n) is 11.0. The van der Waals surface area contributed by atoms with Crippen LogP contribution in [0.3, 0.4) is 0 Å². The second-order valence-corrected chi connectivity index (χ2v) is 11.0. The van der Waals surface area contributed by atoms with Crippen LogP contribution in [0, 0.1) is 0 Å². The van der Waals surface area contributed by atoms with E-state index in [0.29, 0.717) is 5.92 Å². The first-order valence-corrected chi connectivity index (χ1v) is 14.3. The molecule has 2 heteroatoms. The molecule has 0 radical (unpaired) electrons. The molecule has 1 aliphatic rings. The fourth-order valence-corrected chi connectivity index (χ4v) is 6.05. The Labute approximate surface area is 236 Å². The Bertz CT molecular complexity index is 1740. The van der Waals surface area contributed by atoms with Crippen LogP contribution in [0.25, 0.3) is 50.5 Å². The van der Waals surface area contributed by atoms with E-state index in [1.807, 2.05) is 0 Å². The quantitative estimate of drug-likeness (QED) is 0.202. The number of imidazole rings is 1. The summed E-state index contributed by atoms with van der Waals surface area (Å²) in [4.78, 5) is 0. The normalized spacial score (nSPS) is 12.3. The summed E-state index contributed by atoms with van der Waals surface area (Å²) < 4.78 is 4.87. The maximum Gasteiger partial charge on any atom is 0.294 e. The maximum absolute atomic E-state index is 2.45. The van der Waals surface area contributed by atoms with Crippen molar-refractivity contribution in [2.24, 2.45) is 0 Å². The lowest BCUT2D eigenvalue weighted by Crippen LogP contribution is -2.39. The SMILES string of the molecule is CC(C)c1cc(-c2ccccc2)c(-n2cc[n+]3c2-c2cc(-c4ccccc4)ccc2CC3)c(-c2ccccc2)c1. The Morgan fingerprint density at radius 3 is 1.75 bits per heavy atom. The van der Waals surface area contributed by atoms with Crippen LogP contribution in [0.5, 0.6) is 0 Å². The van der Waals surface area contributed by atoms with Gasteiger partial charge in [0.1, 0.15) is 18.1 Å². The lowest BCUT2D eigenvalue weighted by atomic mass is 9.89. The highest BCUT2D eigenvalue weighted by atomic mass is 15.2. The van der Waals surface area contributed by atoms with Gasteiger partial charge >= 0.3 is 0 Å². The van der Waals surface area contributed by atoms with Gasteiger partial charge in [-0.15, -0.1) is 0 Å². The molecule has 6 aromatic rings. The van der Waals surface area contributed by atoms with Gasteiger partial charge in [-0.1, -0.05) is 117 Å². The van der Waals surface area contributed by atoms with E-state index in [0.717, 1.165) is 13.0 Å². The Morgan fingerprint density at radius 1 is 0.600 bits per heavy atom. The van der Waals surface area contributed by atoms with Gasteiger partial charge in [0.05, 0.1) is 12.1 Å². The number of hydrogen-bond donors (Lipinski definition) is 0. The van der Waals surface area contributed by atoms with Crippen molar-refractivity contribution in [2.75, 3.05) is 0 Å². The highest BCUT2D eigenvalue weighted by Crippen LogP contribution is 2.41. The van der Waals surface area contributed by atoms with Gasteiger partial charge in [-0.3, -0.25) is 0 Å². The Morgan fingerprint density at radius 2 is 1.18 bits per heavy atom. The van der Waals surface area contributed by atoms with Crippen LogP contribution in [0.4, 0.5) is 0 Å². The largest absolute Gasteiger partial charge is 0.294 e. The van der Waals surface area contributed by atoms with Crippen LogP contribution in [0.2, 0.25) is 0 Å². The van der Waals surface area contributed by atoms with Crippen LogP contribution in [-0.2, 0) is 13.0 Å². The predicted molar refractivity (Wildman–Crippen MR) is 166 cm³/mol. The molecule has 1 aliphatic heterocycles. The molecule has 0 N–H and O–H groups in total. The van der Waals surface area contributed by atoms with Crippen LogP contribution in [-0.4, -0.2) is 4.57 Å². The third kappa shape index (κ3) is 4.26. The third-order valence-electron chi connectivity index (χ3n) is 8.19. The summed E-state index contributed by atoms with van der Waals surface area (Å²) >= 11 is 0. The molecule has 0 atom stereocenters. The molecule has 194 valence electrons. The minimum atomic E-state index is 0.418. The molecule has 5 aromatic carbocycles. The van der Waals surface area contributed by atoms with Gasteiger partial charge in [-0.05, 0) is 57.5 Å². The topological polar surface area (TPSA) is 8.81 Å². The summed E-state index contributed by atoms with van der Waals surface area (Å²) in [6.07, 6.45) is 5.56. The van der Waals surface area contributed by atoms with E-state index in [2.05, 4.69) is 157 Å². The van der Waals surface area contributed by atoms with Gasteiger partial charge in [0.2, 0.25) is 0 Å². The minimum Gasteiger partial charge on any atom is -0.229 e. The first-order chi connectivity index (χ1) is 19.7. The van der Waals surface area contributed by atoms with Crippen molar-refractivity contribution < 1.29 is 4.57 Å². The fourth-order valence-electron chi connectivity index (χ4n) is 6.05. The number of fused-ring (bicyclic) bond motifs is 3. The highest BCUT2D eigenvalue weighted by Gasteiger charge is 2.31. The predicted octanol–water partition coefficient (Wildman–Crippen LogP) is 9.11. The molecule has 0 unspecified atom stereocenters. The third-order valence-corrected chi connectivity index (χ3v) is 8.19. The van der Waals surface area contributed by atoms with Gasteiger partial charge < -0.3 is 0 Å². The molecule has 0 saturated heterocycles. The summed E-state index contributed by atoms with van der Waals surface area (Å²) in [6, 6.07) is 44.2. The van der Waals surface area contributed by atoms with Crippen molar-refractivity contribution in [3.8, 4) is 50.5 Å². The number of hydrogen-bond acceptors (Lipinski definition) is 0. The molecular weight excluding hydrogens is 484 g/mol. The van der Waals surface area contributed by atoms with Crippen molar-refractivity contribution >= 4 is 0 Å². The van der Waals surface area contributed by atoms with Gasteiger partial charge in [0.15, 0.2) is 0 Å². The summed E-state index contributed by atoms with van der Waals surface area (Å²) in [6.45, 7) is 5.55. The Balaban J connectivity index is 1.53. The molecule has 40 heavy (non-hydrogen) atoms. The molecule has 2 heterocycles. The zero-order valence-electron chi connectivity index (χ0n) is 23.1. The van der Waals surface area contributed by atoms with E-state index in [9.17, 15) is 0 Å². The van der Waals surface area contributed by atoms with Crippen LogP contribution in [0.1, 0.15) is 30.9 Å². The number of rotatable bonds is 5. The fraction of sp³-hybridized carbons (Fsp3) is 0.132. The van der Waals surface area contributed by atoms with E-state index in [1.165, 1.54) is 61.6 Å². The van der Waals surface area contributed by atoms with Crippen molar-refractivity contribution in [2.45, 2.75) is 32.7 Å². The van der Waals surface area contributed by atoms with E-state index in [4.69, 9.17) is 0 Å². The summed E-state index contributed by atoms with van der Waals surface area (Å²) in [7, 11) is 0. The number of aromatic nitrogens is 2.